The number of ether oxygens (including phenoxy) is 1. The number of rotatable bonds is 11. The van der Waals surface area contributed by atoms with E-state index in [4.69, 9.17) is 9.84 Å². The summed E-state index contributed by atoms with van der Waals surface area (Å²) in [6, 6.07) is 18.4. The molecule has 8 nitrogen and oxygen atoms in total. The van der Waals surface area contributed by atoms with Gasteiger partial charge in [0.1, 0.15) is 0 Å². The molecule has 3 aromatic rings. The molecule has 1 amide bonds. The Balaban J connectivity index is 1.75. The second-order valence-corrected chi connectivity index (χ2v) is 8.26. The van der Waals surface area contributed by atoms with E-state index < -0.39 is 0 Å². The van der Waals surface area contributed by atoms with Crippen molar-refractivity contribution in [1.82, 2.24) is 14.7 Å². The van der Waals surface area contributed by atoms with E-state index in [1.807, 2.05) is 48.5 Å². The third-order valence-electron chi connectivity index (χ3n) is 5.55. The van der Waals surface area contributed by atoms with E-state index in [0.717, 1.165) is 22.3 Å². The molecule has 184 valence electrons. The van der Waals surface area contributed by atoms with Gasteiger partial charge < -0.3 is 14.7 Å². The number of carbonyl (C=O) groups is 2. The lowest BCUT2D eigenvalue weighted by atomic mass is 10.0. The Hall–Kier alpha value is -3.78. The van der Waals surface area contributed by atoms with E-state index in [1.54, 1.807) is 20.0 Å². The van der Waals surface area contributed by atoms with Crippen molar-refractivity contribution < 1.29 is 19.4 Å². The summed E-state index contributed by atoms with van der Waals surface area (Å²) in [6.07, 6.45) is 1.08. The molecule has 1 N–H and O–H groups in total. The van der Waals surface area contributed by atoms with Crippen LogP contribution < -0.4 is 5.56 Å². The first-order valence-corrected chi connectivity index (χ1v) is 11.7. The number of likely N-dealkylation sites (N-methyl/N-ethyl adjacent to an activating group) is 1. The summed E-state index contributed by atoms with van der Waals surface area (Å²) in [6.45, 7) is 2.65. The molecule has 0 atom stereocenters. The molecule has 35 heavy (non-hydrogen) atoms. The van der Waals surface area contributed by atoms with Crippen LogP contribution >= 0.6 is 0 Å². The summed E-state index contributed by atoms with van der Waals surface area (Å²) in [4.78, 5) is 38.0. The van der Waals surface area contributed by atoms with Gasteiger partial charge in [0, 0.05) is 31.6 Å². The Morgan fingerprint density at radius 1 is 1.03 bits per heavy atom. The zero-order valence-corrected chi connectivity index (χ0v) is 20.1. The van der Waals surface area contributed by atoms with Crippen LogP contribution in [0, 0.1) is 0 Å². The number of benzene rings is 2. The highest BCUT2D eigenvalue weighted by atomic mass is 16.5. The Morgan fingerprint density at radius 2 is 1.77 bits per heavy atom. The van der Waals surface area contributed by atoms with E-state index in [1.165, 1.54) is 15.6 Å². The number of amides is 1. The minimum atomic E-state index is -0.229. The van der Waals surface area contributed by atoms with Gasteiger partial charge in [-0.2, -0.15) is 5.10 Å². The van der Waals surface area contributed by atoms with E-state index in [2.05, 4.69) is 5.10 Å². The minimum absolute atomic E-state index is 0.0813. The molecular weight excluding hydrogens is 446 g/mol. The number of esters is 1. The van der Waals surface area contributed by atoms with E-state index >= 15 is 0 Å². The molecule has 1 aromatic heterocycles. The fourth-order valence-electron chi connectivity index (χ4n) is 3.68. The SMILES string of the molecule is CCOC(=O)CCc1cccc(Cn2nc(-c3cccc(CC(=O)N(C)CCO)c3)ccc2=O)c1. The van der Waals surface area contributed by atoms with Gasteiger partial charge in [-0.05, 0) is 42.2 Å². The molecule has 1 heterocycles. The van der Waals surface area contributed by atoms with Crippen molar-refractivity contribution in [3.05, 3.63) is 87.7 Å². The third kappa shape index (κ3) is 7.61. The number of hydrogen-bond donors (Lipinski definition) is 1. The predicted molar refractivity (Wildman–Crippen MR) is 133 cm³/mol. The summed E-state index contributed by atoms with van der Waals surface area (Å²) in [5.74, 6) is -0.315. The van der Waals surface area contributed by atoms with Crippen molar-refractivity contribution in [2.24, 2.45) is 0 Å². The number of carbonyl (C=O) groups excluding carboxylic acids is 2. The molecule has 0 bridgehead atoms. The van der Waals surface area contributed by atoms with Crippen molar-refractivity contribution in [3.8, 4) is 11.3 Å². The molecule has 0 unspecified atom stereocenters. The summed E-state index contributed by atoms with van der Waals surface area (Å²) in [5, 5.41) is 13.6. The van der Waals surface area contributed by atoms with Crippen LogP contribution in [0.4, 0.5) is 0 Å². The number of aliphatic hydroxyl groups is 1. The molecule has 0 aliphatic heterocycles. The molecule has 8 heteroatoms. The van der Waals surface area contributed by atoms with Crippen molar-refractivity contribution in [2.75, 3.05) is 26.8 Å². The third-order valence-corrected chi connectivity index (χ3v) is 5.55. The van der Waals surface area contributed by atoms with Crippen LogP contribution in [0.3, 0.4) is 0 Å². The molecule has 0 fully saturated rings. The molecule has 2 aromatic carbocycles. The molecule has 0 radical (unpaired) electrons. The molecular formula is C27H31N3O5. The van der Waals surface area contributed by atoms with E-state index in [-0.39, 0.29) is 37.0 Å². The van der Waals surface area contributed by atoms with Gasteiger partial charge in [0.15, 0.2) is 0 Å². The van der Waals surface area contributed by atoms with Crippen molar-refractivity contribution in [3.63, 3.8) is 0 Å². The van der Waals surface area contributed by atoms with Crippen LogP contribution in [0.5, 0.6) is 0 Å². The highest BCUT2D eigenvalue weighted by Gasteiger charge is 2.11. The zero-order valence-electron chi connectivity index (χ0n) is 20.1. The minimum Gasteiger partial charge on any atom is -0.466 e. The molecule has 3 rings (SSSR count). The molecule has 0 aliphatic rings. The smallest absolute Gasteiger partial charge is 0.306 e. The maximum Gasteiger partial charge on any atom is 0.306 e. The summed E-state index contributed by atoms with van der Waals surface area (Å²) in [5.41, 5.74) is 3.93. The Bertz CT molecular complexity index is 1220. The molecule has 0 saturated carbocycles. The van der Waals surface area contributed by atoms with Crippen molar-refractivity contribution in [2.45, 2.75) is 32.7 Å². The average molecular weight is 478 g/mol. The summed E-state index contributed by atoms with van der Waals surface area (Å²) >= 11 is 0. The quantitative estimate of drug-likeness (QED) is 0.426. The normalized spacial score (nSPS) is 10.7. The fourth-order valence-corrected chi connectivity index (χ4v) is 3.68. The van der Waals surface area contributed by atoms with E-state index in [9.17, 15) is 14.4 Å². The maximum absolute atomic E-state index is 12.5. The second-order valence-electron chi connectivity index (χ2n) is 8.26. The first kappa shape index (κ1) is 25.8. The number of hydrogen-bond acceptors (Lipinski definition) is 6. The monoisotopic (exact) mass is 477 g/mol. The lowest BCUT2D eigenvalue weighted by Crippen LogP contribution is -2.30. The van der Waals surface area contributed by atoms with Crippen LogP contribution in [0.25, 0.3) is 11.3 Å². The van der Waals surface area contributed by atoms with Crippen LogP contribution in [0.15, 0.2) is 65.5 Å². The summed E-state index contributed by atoms with van der Waals surface area (Å²) < 4.78 is 6.40. The zero-order chi connectivity index (χ0) is 25.2. The predicted octanol–water partition coefficient (Wildman–Crippen LogP) is 2.45. The van der Waals surface area contributed by atoms with Gasteiger partial charge in [0.25, 0.3) is 5.56 Å². The summed E-state index contributed by atoms with van der Waals surface area (Å²) in [7, 11) is 1.66. The van der Waals surface area contributed by atoms with Crippen molar-refractivity contribution in [1.29, 1.82) is 0 Å². The fraction of sp³-hybridized carbons (Fsp3) is 0.333. The lowest BCUT2D eigenvalue weighted by Gasteiger charge is -2.15. The Morgan fingerprint density at radius 3 is 2.54 bits per heavy atom. The standard InChI is InChI=1S/C27H31N3O5/c1-3-35-27(34)13-10-20-6-4-8-22(16-20)19-30-25(32)12-11-24(28-30)23-9-5-7-21(17-23)18-26(33)29(2)14-15-31/h4-9,11-12,16-17,31H,3,10,13-15,18-19H2,1-2H3. The average Bonchev–Trinajstić information content (AvgIpc) is 2.85. The maximum atomic E-state index is 12.5. The van der Waals surface area contributed by atoms with Crippen LogP contribution in [-0.2, 0) is 33.7 Å². The van der Waals surface area contributed by atoms with Gasteiger partial charge in [0.2, 0.25) is 5.91 Å². The largest absolute Gasteiger partial charge is 0.466 e. The van der Waals surface area contributed by atoms with Gasteiger partial charge in [0.05, 0.1) is 31.9 Å². The van der Waals surface area contributed by atoms with Crippen molar-refractivity contribution >= 4 is 11.9 Å². The van der Waals surface area contributed by atoms with Crippen LogP contribution in [0.2, 0.25) is 0 Å². The second kappa shape index (κ2) is 12.6. The van der Waals surface area contributed by atoms with Crippen LogP contribution in [0.1, 0.15) is 30.0 Å². The Labute approximate surface area is 204 Å². The molecule has 0 saturated heterocycles. The first-order valence-electron chi connectivity index (χ1n) is 11.7. The highest BCUT2D eigenvalue weighted by molar-refractivity contribution is 5.79. The van der Waals surface area contributed by atoms with Gasteiger partial charge in [-0.3, -0.25) is 14.4 Å². The van der Waals surface area contributed by atoms with Gasteiger partial charge >= 0.3 is 5.97 Å². The van der Waals surface area contributed by atoms with Gasteiger partial charge in [-0.1, -0.05) is 42.5 Å². The van der Waals surface area contributed by atoms with Crippen LogP contribution in [-0.4, -0.2) is 58.5 Å². The van der Waals surface area contributed by atoms with Gasteiger partial charge in [-0.25, -0.2) is 4.68 Å². The number of aliphatic hydroxyl groups excluding tert-OH is 1. The number of nitrogens with zero attached hydrogens (tertiary/aromatic N) is 3. The lowest BCUT2D eigenvalue weighted by molar-refractivity contribution is -0.143. The Kier molecular flexibility index (Phi) is 9.31. The first-order chi connectivity index (χ1) is 16.9. The highest BCUT2D eigenvalue weighted by Crippen LogP contribution is 2.18. The number of aromatic nitrogens is 2. The topological polar surface area (TPSA) is 102 Å². The molecule has 0 aliphatic carbocycles. The number of aryl methyl sites for hydroxylation is 1. The molecule has 0 spiro atoms. The van der Waals surface area contributed by atoms with Gasteiger partial charge in [-0.15, -0.1) is 0 Å². The van der Waals surface area contributed by atoms with E-state index in [0.29, 0.717) is 31.7 Å².